The summed E-state index contributed by atoms with van der Waals surface area (Å²) in [6.45, 7) is 5.63. The summed E-state index contributed by atoms with van der Waals surface area (Å²) in [5.41, 5.74) is -0.0695. The van der Waals surface area contributed by atoms with E-state index >= 15 is 0 Å². The molecule has 1 aliphatic rings. The lowest BCUT2D eigenvalue weighted by Crippen LogP contribution is -2.47. The van der Waals surface area contributed by atoms with E-state index in [1.54, 1.807) is 0 Å². The van der Waals surface area contributed by atoms with Crippen molar-refractivity contribution in [1.29, 1.82) is 0 Å². The first-order chi connectivity index (χ1) is 8.70. The minimum atomic E-state index is -4.07. The average molecular weight is 285 g/mol. The lowest BCUT2D eigenvalue weighted by atomic mass is 9.87. The SMILES string of the molecule is CCCNC1C(OCC(F)(F)C(F)F)CCC1(C)C. The molecule has 19 heavy (non-hydrogen) atoms. The van der Waals surface area contributed by atoms with Crippen LogP contribution in [0.15, 0.2) is 0 Å². The summed E-state index contributed by atoms with van der Waals surface area (Å²) in [6, 6.07) is -0.0686. The molecule has 0 radical (unpaired) electrons. The van der Waals surface area contributed by atoms with Gasteiger partial charge < -0.3 is 10.1 Å². The first-order valence-electron chi connectivity index (χ1n) is 6.71. The fourth-order valence-corrected chi connectivity index (χ4v) is 2.51. The molecule has 0 aromatic rings. The summed E-state index contributed by atoms with van der Waals surface area (Å²) in [7, 11) is 0. The normalized spacial score (nSPS) is 27.2. The molecule has 0 saturated heterocycles. The van der Waals surface area contributed by atoms with Crippen molar-refractivity contribution in [2.45, 2.75) is 64.5 Å². The zero-order valence-corrected chi connectivity index (χ0v) is 11.7. The predicted octanol–water partition coefficient (Wildman–Crippen LogP) is 3.46. The molecule has 1 fully saturated rings. The summed E-state index contributed by atoms with van der Waals surface area (Å²) in [5, 5.41) is 3.28. The molecule has 0 spiro atoms. The molecule has 0 bridgehead atoms. The molecule has 0 aliphatic heterocycles. The molecule has 6 heteroatoms. The van der Waals surface area contributed by atoms with E-state index in [4.69, 9.17) is 4.74 Å². The highest BCUT2D eigenvalue weighted by atomic mass is 19.3. The van der Waals surface area contributed by atoms with Crippen LogP contribution in [0.1, 0.15) is 40.0 Å². The van der Waals surface area contributed by atoms with Crippen LogP contribution >= 0.6 is 0 Å². The van der Waals surface area contributed by atoms with E-state index in [9.17, 15) is 17.6 Å². The highest BCUT2D eigenvalue weighted by molar-refractivity contribution is 4.97. The van der Waals surface area contributed by atoms with E-state index in [0.717, 1.165) is 19.4 Å². The van der Waals surface area contributed by atoms with Crippen LogP contribution in [-0.2, 0) is 4.74 Å². The van der Waals surface area contributed by atoms with Crippen LogP contribution in [0.3, 0.4) is 0 Å². The maximum atomic E-state index is 12.9. The second-order valence-corrected chi connectivity index (χ2v) is 5.87. The molecular weight excluding hydrogens is 262 g/mol. The fourth-order valence-electron chi connectivity index (χ4n) is 2.51. The molecule has 0 aromatic heterocycles. The summed E-state index contributed by atoms with van der Waals surface area (Å²) < 4.78 is 55.0. The Hall–Kier alpha value is -0.360. The van der Waals surface area contributed by atoms with E-state index in [2.05, 4.69) is 5.32 Å². The zero-order chi connectivity index (χ0) is 14.7. The largest absolute Gasteiger partial charge is 0.370 e. The Morgan fingerprint density at radius 1 is 1.37 bits per heavy atom. The van der Waals surface area contributed by atoms with Crippen LogP contribution < -0.4 is 5.32 Å². The molecule has 0 amide bonds. The van der Waals surface area contributed by atoms with Crippen LogP contribution in [0.5, 0.6) is 0 Å². The monoisotopic (exact) mass is 285 g/mol. The number of alkyl halides is 4. The van der Waals surface area contributed by atoms with Crippen molar-refractivity contribution in [3.05, 3.63) is 0 Å². The van der Waals surface area contributed by atoms with Gasteiger partial charge in [-0.15, -0.1) is 0 Å². The second-order valence-electron chi connectivity index (χ2n) is 5.87. The molecule has 0 aromatic carbocycles. The summed E-state index contributed by atoms with van der Waals surface area (Å²) in [5.74, 6) is -4.07. The number of nitrogens with one attached hydrogen (secondary N) is 1. The van der Waals surface area contributed by atoms with Crippen molar-refractivity contribution < 1.29 is 22.3 Å². The van der Waals surface area contributed by atoms with Gasteiger partial charge in [0.15, 0.2) is 0 Å². The quantitative estimate of drug-likeness (QED) is 0.723. The number of hydrogen-bond donors (Lipinski definition) is 1. The Balaban J connectivity index is 2.57. The lowest BCUT2D eigenvalue weighted by Gasteiger charge is -2.32. The van der Waals surface area contributed by atoms with Gasteiger partial charge in [0.25, 0.3) is 0 Å². The molecule has 1 N–H and O–H groups in total. The molecule has 0 heterocycles. The topological polar surface area (TPSA) is 21.3 Å². The summed E-state index contributed by atoms with van der Waals surface area (Å²) in [6.07, 6.45) is -1.73. The van der Waals surface area contributed by atoms with Crippen LogP contribution in [0.2, 0.25) is 0 Å². The third-order valence-corrected chi connectivity index (χ3v) is 3.71. The third-order valence-electron chi connectivity index (χ3n) is 3.71. The molecule has 1 saturated carbocycles. The first-order valence-corrected chi connectivity index (χ1v) is 6.71. The highest BCUT2D eigenvalue weighted by Crippen LogP contribution is 2.39. The maximum Gasteiger partial charge on any atom is 0.330 e. The first kappa shape index (κ1) is 16.7. The van der Waals surface area contributed by atoms with Gasteiger partial charge >= 0.3 is 12.3 Å². The lowest BCUT2D eigenvalue weighted by molar-refractivity contribution is -0.178. The zero-order valence-electron chi connectivity index (χ0n) is 11.7. The van der Waals surface area contributed by atoms with E-state index in [0.29, 0.717) is 6.42 Å². The van der Waals surface area contributed by atoms with Crippen LogP contribution in [0.25, 0.3) is 0 Å². The molecule has 2 unspecified atom stereocenters. The Kier molecular flexibility index (Phi) is 5.62. The fraction of sp³-hybridized carbons (Fsp3) is 1.00. The molecule has 2 atom stereocenters. The van der Waals surface area contributed by atoms with E-state index in [1.807, 2.05) is 20.8 Å². The summed E-state index contributed by atoms with van der Waals surface area (Å²) >= 11 is 0. The van der Waals surface area contributed by atoms with Gasteiger partial charge in [0.2, 0.25) is 0 Å². The maximum absolute atomic E-state index is 12.9. The molecule has 1 aliphatic carbocycles. The van der Waals surface area contributed by atoms with Crippen molar-refractivity contribution in [2.24, 2.45) is 5.41 Å². The van der Waals surface area contributed by atoms with E-state index in [-0.39, 0.29) is 11.5 Å². The minimum absolute atomic E-state index is 0.0686. The Labute approximate surface area is 111 Å². The number of ether oxygens (including phenoxy) is 1. The number of hydrogen-bond acceptors (Lipinski definition) is 2. The Morgan fingerprint density at radius 2 is 2.00 bits per heavy atom. The van der Waals surface area contributed by atoms with Crippen LogP contribution in [0.4, 0.5) is 17.6 Å². The van der Waals surface area contributed by atoms with Gasteiger partial charge in [-0.1, -0.05) is 20.8 Å². The number of halogens is 4. The standard InChI is InChI=1S/C13H23F4NO/c1-4-7-18-10-9(5-6-12(10,2)3)19-8-13(16,17)11(14)15/h9-11,18H,4-8H2,1-3H3. The summed E-state index contributed by atoms with van der Waals surface area (Å²) in [4.78, 5) is 0. The van der Waals surface area contributed by atoms with Crippen molar-refractivity contribution in [2.75, 3.05) is 13.2 Å². The van der Waals surface area contributed by atoms with Gasteiger partial charge in [-0.05, 0) is 31.2 Å². The third kappa shape index (κ3) is 4.31. The van der Waals surface area contributed by atoms with E-state index in [1.165, 1.54) is 0 Å². The second kappa shape index (κ2) is 6.39. The van der Waals surface area contributed by atoms with Gasteiger partial charge in [0.1, 0.15) is 6.61 Å². The average Bonchev–Trinajstić information content (AvgIpc) is 2.59. The van der Waals surface area contributed by atoms with Gasteiger partial charge in [0.05, 0.1) is 6.10 Å². The smallest absolute Gasteiger partial charge is 0.330 e. The van der Waals surface area contributed by atoms with Crippen molar-refractivity contribution in [3.8, 4) is 0 Å². The van der Waals surface area contributed by atoms with Gasteiger partial charge in [-0.2, -0.15) is 8.78 Å². The predicted molar refractivity (Wildman–Crippen MR) is 65.8 cm³/mol. The number of rotatable bonds is 7. The van der Waals surface area contributed by atoms with Crippen LogP contribution in [-0.4, -0.2) is 37.6 Å². The van der Waals surface area contributed by atoms with E-state index < -0.39 is 25.1 Å². The molecular formula is C13H23F4NO. The van der Waals surface area contributed by atoms with Crippen molar-refractivity contribution in [1.82, 2.24) is 5.32 Å². The van der Waals surface area contributed by atoms with Crippen molar-refractivity contribution in [3.63, 3.8) is 0 Å². The minimum Gasteiger partial charge on any atom is -0.370 e. The van der Waals surface area contributed by atoms with Crippen LogP contribution in [0, 0.1) is 5.41 Å². The Bertz CT molecular complexity index is 284. The highest BCUT2D eigenvalue weighted by Gasteiger charge is 2.46. The van der Waals surface area contributed by atoms with Gasteiger partial charge in [0, 0.05) is 6.04 Å². The van der Waals surface area contributed by atoms with Crippen molar-refractivity contribution >= 4 is 0 Å². The molecule has 1 rings (SSSR count). The van der Waals surface area contributed by atoms with Gasteiger partial charge in [-0.3, -0.25) is 0 Å². The Morgan fingerprint density at radius 3 is 2.53 bits per heavy atom. The van der Waals surface area contributed by atoms with Gasteiger partial charge in [-0.25, -0.2) is 8.78 Å². The molecule has 2 nitrogen and oxygen atoms in total. The molecule has 114 valence electrons.